The number of carboxylic acids is 2. The number of ether oxygens (including phenoxy) is 4. The van der Waals surface area contributed by atoms with E-state index in [0.29, 0.717) is 49.1 Å². The minimum Gasteiger partial charge on any atom is -0.481 e. The number of nitrogens with zero attached hydrogens (tertiary/aromatic N) is 6. The summed E-state index contributed by atoms with van der Waals surface area (Å²) in [6, 6.07) is 73.1. The zero-order valence-corrected chi connectivity index (χ0v) is 73.0. The first-order valence-corrected chi connectivity index (χ1v) is 44.8. The number of carbonyl (C=O) groups excluding carboxylic acids is 4. The fourth-order valence-electron chi connectivity index (χ4n) is 10.6. The molecule has 0 aliphatic heterocycles. The van der Waals surface area contributed by atoms with Crippen LogP contribution in [0.3, 0.4) is 0 Å². The number of nitrogen functional groups attached to an aromatic ring is 3. The molecule has 37 nitrogen and oxygen atoms in total. The Kier molecular flexibility index (Phi) is 40.2. The number of aromatic nitrogens is 4. The number of ketones is 1. The molecule has 10 aromatic carbocycles. The van der Waals surface area contributed by atoms with E-state index in [0.717, 1.165) is 93.0 Å². The predicted molar refractivity (Wildman–Crippen MR) is 480 cm³/mol. The number of amides is 3. The molecule has 2 heterocycles. The van der Waals surface area contributed by atoms with Crippen molar-refractivity contribution in [2.75, 3.05) is 43.6 Å². The number of nitro groups is 2. The smallest absolute Gasteiger partial charge is 0.358 e. The molecule has 0 saturated carbocycles. The van der Waals surface area contributed by atoms with Crippen molar-refractivity contribution in [3.63, 3.8) is 0 Å². The van der Waals surface area contributed by atoms with E-state index in [2.05, 4.69) is 19.9 Å². The molecular weight excluding hydrogens is 1760 g/mol. The van der Waals surface area contributed by atoms with Gasteiger partial charge in [-0.25, -0.2) is 77.7 Å². The Labute approximate surface area is 748 Å². The van der Waals surface area contributed by atoms with Crippen molar-refractivity contribution in [3.05, 3.63) is 350 Å². The Morgan fingerprint density at radius 2 is 0.669 bits per heavy atom. The van der Waals surface area contributed by atoms with Gasteiger partial charge in [-0.2, -0.15) is 0 Å². The van der Waals surface area contributed by atoms with Gasteiger partial charge in [-0.15, -0.1) is 0 Å². The van der Waals surface area contributed by atoms with Crippen LogP contribution in [0.2, 0.25) is 0 Å². The summed E-state index contributed by atoms with van der Waals surface area (Å²) in [7, 11) is -15.8. The van der Waals surface area contributed by atoms with Gasteiger partial charge in [0.1, 0.15) is 5.69 Å². The fraction of sp³-hybridized carbons (Fsp3) is 0.169. The number of carbonyl (C=O) groups is 6. The number of hydrogen-bond donors (Lipinski definition) is 9. The lowest BCUT2D eigenvalue weighted by molar-refractivity contribution is -0.385. The highest BCUT2D eigenvalue weighted by Crippen LogP contribution is 2.24. The molecule has 3 amide bonds. The average Bonchev–Trinajstić information content (AvgIpc) is 0.801. The Hall–Kier alpha value is -14.8. The molecule has 0 spiro atoms. The summed E-state index contributed by atoms with van der Waals surface area (Å²) in [5.41, 5.74) is 26.1. The first kappa shape index (κ1) is 102. The number of nitrogens with one attached hydrogen (secondary N) is 3. The number of carboxylic acid groups (broad SMARTS) is 2. The van der Waals surface area contributed by atoms with E-state index in [1.165, 1.54) is 60.9 Å². The summed E-state index contributed by atoms with van der Waals surface area (Å²) in [5, 5.41) is 42.8. The first-order chi connectivity index (χ1) is 61.8. The number of hydrogen-bond acceptors (Lipinski definition) is 29. The lowest BCUT2D eigenvalue weighted by Crippen LogP contribution is -2.31. The number of benzene rings is 10. The lowest BCUT2D eigenvalue weighted by Gasteiger charge is -2.09. The summed E-state index contributed by atoms with van der Waals surface area (Å²) >= 11 is 0. The van der Waals surface area contributed by atoms with Gasteiger partial charge in [-0.3, -0.25) is 44.2 Å². The molecule has 0 atom stereocenters. The van der Waals surface area contributed by atoms with Crippen molar-refractivity contribution in [2.45, 2.75) is 92.0 Å². The van der Waals surface area contributed by atoms with E-state index in [9.17, 15) is 82.7 Å². The van der Waals surface area contributed by atoms with Crippen LogP contribution in [-0.2, 0) is 111 Å². The molecule has 12 aromatic rings. The van der Waals surface area contributed by atoms with Crippen LogP contribution < -0.4 is 36.5 Å². The third kappa shape index (κ3) is 36.3. The van der Waals surface area contributed by atoms with Gasteiger partial charge in [0.05, 0.1) is 132 Å². The maximum atomic E-state index is 12.9. The van der Waals surface area contributed by atoms with Gasteiger partial charge in [0.25, 0.3) is 41.4 Å². The lowest BCUT2D eigenvalue weighted by atomic mass is 10.1. The third-order valence-corrected chi connectivity index (χ3v) is 22.5. The van der Waals surface area contributed by atoms with E-state index in [4.69, 9.17) is 51.5 Å². The maximum absolute atomic E-state index is 12.9. The molecule has 0 bridgehead atoms. The van der Waals surface area contributed by atoms with Crippen molar-refractivity contribution in [3.8, 4) is 22.5 Å². The standard InChI is InChI=1S/C29H28N4O5S.C16H16N2O6S.C16H18N2O4S.C12H11N3O2.C10H12O3.C6H6N2O4S/c1-20-7-11-23(12-8-20)25-18-31-29(30)28(32-25)26(34)17-21-9-13-24(14-10-21)39(36,37)33-27(35)15-16-38-19-22-5-3-2-4-6-22;19-16(10-11-24-12-13-4-2-1-3-5-13)17-25(22,23)15-8-6-14(7-9-15)18(20)21;17-14-6-8-15(9-7-14)23(20,21)18-16(19)10-11-22-12-13-4-2-1-3-5-13;1-7-2-4-8(5-3-7)9-6-14-11(13)10(15-9)12(16)17;11-10(12)6-7-13-8-9-4-2-1-3-5-9;7-13(11,12)6-3-1-5(2-4-6)8(9)10/h2-14,18H,15-17,19H2,1H3,(H2,30,31)(H,33,35);1-9H,10-12H2,(H,17,19);1-9H,10-12,17H2,(H,18,19);2-6H,1H3,(H2,13,14)(H,16,17);1-5H,6-8H2,(H,11,12);1-4H,(H2,7,11,12). The Morgan fingerprint density at radius 3 is 0.977 bits per heavy atom. The van der Waals surface area contributed by atoms with Crippen molar-refractivity contribution in [1.82, 2.24) is 34.1 Å². The van der Waals surface area contributed by atoms with E-state index in [1.807, 2.05) is 198 Å². The largest absolute Gasteiger partial charge is 0.481 e. The molecule has 0 unspecified atom stereocenters. The van der Waals surface area contributed by atoms with Crippen molar-refractivity contribution < 1.29 is 101 Å². The molecule has 130 heavy (non-hydrogen) atoms. The molecule has 0 aliphatic rings. The average molecular weight is 1860 g/mol. The number of Topliss-reactive ketones (excluding diaryl/α,β-unsaturated/α-hetero) is 1. The van der Waals surface area contributed by atoms with Crippen LogP contribution in [0.25, 0.3) is 22.5 Å². The van der Waals surface area contributed by atoms with E-state index in [-0.39, 0.29) is 118 Å². The molecular formula is C89H91N13O24S4. The minimum absolute atomic E-state index is 0.00902. The van der Waals surface area contributed by atoms with Crippen molar-refractivity contribution in [2.24, 2.45) is 5.14 Å². The van der Waals surface area contributed by atoms with Crippen LogP contribution in [0.4, 0.5) is 28.7 Å². The van der Waals surface area contributed by atoms with Crippen LogP contribution in [0.1, 0.15) is 85.6 Å². The highest BCUT2D eigenvalue weighted by atomic mass is 32.2. The van der Waals surface area contributed by atoms with Gasteiger partial charge >= 0.3 is 11.9 Å². The number of primary sulfonamides is 1. The van der Waals surface area contributed by atoms with Gasteiger partial charge in [0.15, 0.2) is 23.1 Å². The molecule has 0 fully saturated rings. The summed E-state index contributed by atoms with van der Waals surface area (Å²) in [4.78, 5) is 105. The molecule has 0 saturated heterocycles. The molecule has 0 aliphatic carbocycles. The number of aryl methyl sites for hydroxylation is 2. The highest BCUT2D eigenvalue weighted by molar-refractivity contribution is 7.90. The number of aromatic carboxylic acids is 1. The van der Waals surface area contributed by atoms with Gasteiger partial charge in [-0.1, -0.05) is 193 Å². The topological polar surface area (TPSA) is 594 Å². The third-order valence-electron chi connectivity index (χ3n) is 17.4. The van der Waals surface area contributed by atoms with Crippen molar-refractivity contribution in [1.29, 1.82) is 0 Å². The highest BCUT2D eigenvalue weighted by Gasteiger charge is 2.23. The molecule has 41 heteroatoms. The van der Waals surface area contributed by atoms with Crippen LogP contribution in [0.15, 0.2) is 299 Å². The predicted octanol–water partition coefficient (Wildman–Crippen LogP) is 11.2. The zero-order valence-electron chi connectivity index (χ0n) is 69.8. The number of nitrogens with two attached hydrogens (primary N) is 4. The van der Waals surface area contributed by atoms with Crippen LogP contribution in [0.5, 0.6) is 0 Å². The second-order valence-corrected chi connectivity index (χ2v) is 34.1. The molecule has 12 rings (SSSR count). The summed E-state index contributed by atoms with van der Waals surface area (Å²) in [6.07, 6.45) is 2.71. The second kappa shape index (κ2) is 51.1. The second-order valence-electron chi connectivity index (χ2n) is 27.5. The van der Waals surface area contributed by atoms with Gasteiger partial charge in [0.2, 0.25) is 27.7 Å². The summed E-state index contributed by atoms with van der Waals surface area (Å²) in [5.74, 6) is -4.42. The van der Waals surface area contributed by atoms with Crippen LogP contribution in [-0.4, -0.2) is 136 Å². The molecule has 13 N–H and O–H groups in total. The Morgan fingerprint density at radius 1 is 0.377 bits per heavy atom. The molecule has 0 radical (unpaired) electrons. The summed E-state index contributed by atoms with van der Waals surface area (Å²) in [6.45, 7) is 6.00. The SMILES string of the molecule is Cc1ccc(-c2cnc(N)c(C(=O)Cc3ccc(S(=O)(=O)NC(=O)CCOCc4ccccc4)cc3)n2)cc1.Cc1ccc(-c2cnc(N)c(C(=O)O)n2)cc1.NS(=O)(=O)c1ccc([N+](=O)[O-])cc1.Nc1ccc(S(=O)(=O)NC(=O)CCOCc2ccccc2)cc1.O=C(CCOCc1ccccc1)NS(=O)(=O)c1ccc([N+](=O)[O-])cc1.O=C(O)CCOCc1ccccc1. The first-order valence-electron chi connectivity index (χ1n) is 38.8. The van der Waals surface area contributed by atoms with Gasteiger partial charge in [-0.05, 0) is 102 Å². The minimum atomic E-state index is -4.07. The van der Waals surface area contributed by atoms with Crippen molar-refractivity contribution >= 4 is 104 Å². The number of sulfonamides is 4. The number of nitro benzene ring substituents is 2. The van der Waals surface area contributed by atoms with Gasteiger partial charge < -0.3 is 46.4 Å². The number of rotatable bonds is 35. The van der Waals surface area contributed by atoms with Gasteiger partial charge in [0, 0.05) is 47.5 Å². The molecule has 680 valence electrons. The monoisotopic (exact) mass is 1850 g/mol. The quantitative estimate of drug-likeness (QED) is 0.00585. The Bertz CT molecular complexity index is 6260. The summed E-state index contributed by atoms with van der Waals surface area (Å²) < 4.78 is 122. The van der Waals surface area contributed by atoms with E-state index >= 15 is 0 Å². The van der Waals surface area contributed by atoms with Crippen LogP contribution in [0, 0.1) is 34.1 Å². The van der Waals surface area contributed by atoms with Crippen LogP contribution >= 0.6 is 0 Å². The normalized spacial score (nSPS) is 10.9. The maximum Gasteiger partial charge on any atom is 0.358 e. The number of non-ortho nitro benzene ring substituents is 2. The number of aliphatic carboxylic acids is 1. The zero-order chi connectivity index (χ0) is 94.8. The fourth-order valence-corrected chi connectivity index (χ4v) is 14.1. The van der Waals surface area contributed by atoms with E-state index < -0.39 is 79.6 Å². The molecule has 2 aromatic heterocycles. The number of anilines is 3. The van der Waals surface area contributed by atoms with E-state index in [1.54, 1.807) is 0 Å². The Balaban J connectivity index is 0.000000224.